The number of non-ortho nitro benzene ring substituents is 1. The van der Waals surface area contributed by atoms with Gasteiger partial charge in [0.25, 0.3) is 15.7 Å². The maximum atomic E-state index is 14.2. The second kappa shape index (κ2) is 7.18. The van der Waals surface area contributed by atoms with Crippen molar-refractivity contribution in [1.29, 1.82) is 0 Å². The van der Waals surface area contributed by atoms with Gasteiger partial charge in [-0.25, -0.2) is 26.2 Å². The van der Waals surface area contributed by atoms with Gasteiger partial charge in [0.05, 0.1) is 20.9 Å². The summed E-state index contributed by atoms with van der Waals surface area (Å²) in [6.07, 6.45) is -9.77. The smallest absolute Gasteiger partial charge is 0.258 e. The number of hydrogen-bond acceptors (Lipinski definition) is 5. The van der Waals surface area contributed by atoms with Crippen LogP contribution >= 0.6 is 0 Å². The SMILES string of the molecule is O=[N+]([O-])c1cc(C(F)(F)F)cc2c1nc(C(F)(F)C(F)F)n2S(=O)(=O)c1ccccc1. The van der Waals surface area contributed by atoms with E-state index in [4.69, 9.17) is 0 Å². The maximum Gasteiger partial charge on any atom is 0.416 e. The Morgan fingerprint density at radius 2 is 1.61 bits per heavy atom. The van der Waals surface area contributed by atoms with Crippen molar-refractivity contribution < 1.29 is 44.1 Å². The van der Waals surface area contributed by atoms with Crippen LogP contribution in [0, 0.1) is 10.1 Å². The molecule has 0 atom stereocenters. The van der Waals surface area contributed by atoms with Gasteiger partial charge in [-0.05, 0) is 18.2 Å². The van der Waals surface area contributed by atoms with E-state index in [0.717, 1.165) is 24.3 Å². The molecule has 1 heterocycles. The Bertz CT molecular complexity index is 1270. The molecule has 0 spiro atoms. The standard InChI is InChI=1S/C16H8F7N3O4S/c17-13(18)15(19,20)14-24-12-10(6-8(16(21,22)23)7-11(12)26(27)28)25(14)31(29,30)9-4-2-1-3-5-9/h1-7,13H. The minimum absolute atomic E-state index is 0.0148. The zero-order chi connectivity index (χ0) is 23.4. The summed E-state index contributed by atoms with van der Waals surface area (Å²) in [6.45, 7) is 0. The van der Waals surface area contributed by atoms with Crippen molar-refractivity contribution in [2.45, 2.75) is 23.4 Å². The van der Waals surface area contributed by atoms with Crippen molar-refractivity contribution in [2.24, 2.45) is 0 Å². The second-order valence-electron chi connectivity index (χ2n) is 6.06. The third-order valence-electron chi connectivity index (χ3n) is 4.08. The normalized spacial score (nSPS) is 13.2. The summed E-state index contributed by atoms with van der Waals surface area (Å²) in [6, 6.07) is 5.30. The van der Waals surface area contributed by atoms with Crippen LogP contribution in [0.1, 0.15) is 11.4 Å². The second-order valence-corrected chi connectivity index (χ2v) is 7.85. The molecular formula is C16H8F7N3O4S. The molecule has 0 unspecified atom stereocenters. The van der Waals surface area contributed by atoms with Gasteiger partial charge in [-0.3, -0.25) is 10.1 Å². The Balaban J connectivity index is 2.56. The molecule has 0 fully saturated rings. The molecule has 7 nitrogen and oxygen atoms in total. The lowest BCUT2D eigenvalue weighted by Gasteiger charge is -2.17. The summed E-state index contributed by atoms with van der Waals surface area (Å²) in [5.74, 6) is -7.43. The van der Waals surface area contributed by atoms with Gasteiger partial charge in [0.1, 0.15) is 0 Å². The highest BCUT2D eigenvalue weighted by molar-refractivity contribution is 7.90. The van der Waals surface area contributed by atoms with E-state index in [9.17, 15) is 49.3 Å². The number of nitro groups is 1. The van der Waals surface area contributed by atoms with Crippen LogP contribution in [0.3, 0.4) is 0 Å². The number of imidazole rings is 1. The molecule has 31 heavy (non-hydrogen) atoms. The summed E-state index contributed by atoms with van der Waals surface area (Å²) in [7, 11) is -5.22. The van der Waals surface area contributed by atoms with Gasteiger partial charge in [-0.15, -0.1) is 0 Å². The van der Waals surface area contributed by atoms with Crippen LogP contribution in [-0.4, -0.2) is 28.7 Å². The van der Waals surface area contributed by atoms with Crippen LogP contribution in [-0.2, 0) is 22.1 Å². The molecule has 166 valence electrons. The van der Waals surface area contributed by atoms with Crippen LogP contribution in [0.5, 0.6) is 0 Å². The molecule has 0 radical (unpaired) electrons. The number of aromatic nitrogens is 2. The summed E-state index contributed by atoms with van der Waals surface area (Å²) >= 11 is 0. The third-order valence-corrected chi connectivity index (χ3v) is 5.79. The lowest BCUT2D eigenvalue weighted by molar-refractivity contribution is -0.383. The van der Waals surface area contributed by atoms with E-state index in [1.54, 1.807) is 0 Å². The fraction of sp³-hybridized carbons (Fsp3) is 0.188. The van der Waals surface area contributed by atoms with E-state index >= 15 is 0 Å². The van der Waals surface area contributed by atoms with Crippen molar-refractivity contribution in [1.82, 2.24) is 8.96 Å². The maximum absolute atomic E-state index is 14.2. The molecule has 15 heteroatoms. The predicted octanol–water partition coefficient (Wildman–Crippen LogP) is 4.56. The lowest BCUT2D eigenvalue weighted by Crippen LogP contribution is -2.30. The molecule has 0 bridgehead atoms. The number of benzene rings is 2. The first-order valence-corrected chi connectivity index (χ1v) is 9.38. The first-order valence-electron chi connectivity index (χ1n) is 7.94. The van der Waals surface area contributed by atoms with Crippen LogP contribution in [0.4, 0.5) is 36.4 Å². The Labute approximate surface area is 167 Å². The number of rotatable bonds is 5. The van der Waals surface area contributed by atoms with Crippen molar-refractivity contribution in [3.8, 4) is 0 Å². The number of nitrogens with zero attached hydrogens (tertiary/aromatic N) is 3. The monoisotopic (exact) mass is 471 g/mol. The van der Waals surface area contributed by atoms with Crippen molar-refractivity contribution in [2.75, 3.05) is 0 Å². The molecule has 0 amide bonds. The summed E-state index contributed by atoms with van der Waals surface area (Å²) in [5.41, 5.74) is -5.78. The number of fused-ring (bicyclic) bond motifs is 1. The first kappa shape index (κ1) is 22.5. The molecular weight excluding hydrogens is 463 g/mol. The van der Waals surface area contributed by atoms with Gasteiger partial charge in [-0.2, -0.15) is 22.0 Å². The molecule has 0 N–H and O–H groups in total. The lowest BCUT2D eigenvalue weighted by atomic mass is 10.1. The number of nitro benzene ring substituents is 1. The zero-order valence-corrected chi connectivity index (χ0v) is 15.5. The minimum atomic E-state index is -5.27. The Kier molecular flexibility index (Phi) is 5.20. The van der Waals surface area contributed by atoms with Crippen LogP contribution in [0.25, 0.3) is 11.0 Å². The highest BCUT2D eigenvalue weighted by Crippen LogP contribution is 2.42. The van der Waals surface area contributed by atoms with Gasteiger partial charge < -0.3 is 0 Å². The summed E-state index contributed by atoms with van der Waals surface area (Å²) in [5, 5.41) is 11.2. The van der Waals surface area contributed by atoms with Gasteiger partial charge in [0, 0.05) is 6.07 Å². The van der Waals surface area contributed by atoms with Crippen molar-refractivity contribution in [3.63, 3.8) is 0 Å². The quantitative estimate of drug-likeness (QED) is 0.309. The van der Waals surface area contributed by atoms with Gasteiger partial charge in [0.15, 0.2) is 5.52 Å². The van der Waals surface area contributed by atoms with Crippen molar-refractivity contribution >= 4 is 26.7 Å². The average Bonchev–Trinajstić information content (AvgIpc) is 3.08. The summed E-state index contributed by atoms with van der Waals surface area (Å²) in [4.78, 5) is 12.0. The largest absolute Gasteiger partial charge is 0.416 e. The highest BCUT2D eigenvalue weighted by Gasteiger charge is 2.50. The topological polar surface area (TPSA) is 95.1 Å². The Morgan fingerprint density at radius 3 is 2.10 bits per heavy atom. The molecule has 3 rings (SSSR count). The zero-order valence-electron chi connectivity index (χ0n) is 14.6. The minimum Gasteiger partial charge on any atom is -0.258 e. The molecule has 0 aliphatic heterocycles. The molecule has 0 saturated heterocycles. The Morgan fingerprint density at radius 1 is 1.03 bits per heavy atom. The first-order chi connectivity index (χ1) is 14.2. The predicted molar refractivity (Wildman–Crippen MR) is 90.3 cm³/mol. The fourth-order valence-electron chi connectivity index (χ4n) is 2.69. The van der Waals surface area contributed by atoms with Crippen LogP contribution < -0.4 is 0 Å². The third kappa shape index (κ3) is 3.68. The Hall–Kier alpha value is -3.23. The van der Waals surface area contributed by atoms with E-state index in [1.165, 1.54) is 6.07 Å². The highest BCUT2D eigenvalue weighted by atomic mass is 32.2. The van der Waals surface area contributed by atoms with Gasteiger partial charge in [-0.1, -0.05) is 18.2 Å². The number of alkyl halides is 7. The molecule has 3 aromatic rings. The van der Waals surface area contributed by atoms with E-state index in [2.05, 4.69) is 4.98 Å². The van der Waals surface area contributed by atoms with E-state index < -0.39 is 70.4 Å². The summed E-state index contributed by atoms with van der Waals surface area (Å²) < 4.78 is 119. The molecule has 0 saturated carbocycles. The molecule has 0 aliphatic carbocycles. The number of hydrogen-bond donors (Lipinski definition) is 0. The van der Waals surface area contributed by atoms with E-state index in [-0.39, 0.29) is 12.1 Å². The van der Waals surface area contributed by atoms with Crippen LogP contribution in [0.15, 0.2) is 47.4 Å². The fourth-order valence-corrected chi connectivity index (χ4v) is 4.19. The number of halogens is 7. The van der Waals surface area contributed by atoms with Crippen LogP contribution in [0.2, 0.25) is 0 Å². The van der Waals surface area contributed by atoms with E-state index in [0.29, 0.717) is 0 Å². The molecule has 1 aromatic heterocycles. The van der Waals surface area contributed by atoms with E-state index in [1.807, 2.05) is 0 Å². The molecule has 0 aliphatic rings. The van der Waals surface area contributed by atoms with Crippen molar-refractivity contribution in [3.05, 3.63) is 64.0 Å². The van der Waals surface area contributed by atoms with Gasteiger partial charge >= 0.3 is 18.5 Å². The average molecular weight is 471 g/mol. The van der Waals surface area contributed by atoms with Gasteiger partial charge in [0.2, 0.25) is 5.82 Å². The molecule has 2 aromatic carbocycles.